The fraction of sp³-hybridized carbons (Fsp3) is 0.933. The van der Waals surface area contributed by atoms with Crippen molar-refractivity contribution in [1.82, 2.24) is 10.6 Å². The van der Waals surface area contributed by atoms with Crippen LogP contribution in [-0.2, 0) is 9.53 Å². The summed E-state index contributed by atoms with van der Waals surface area (Å²) in [4.78, 5) is 12.3. The van der Waals surface area contributed by atoms with Gasteiger partial charge >= 0.3 is 0 Å². The summed E-state index contributed by atoms with van der Waals surface area (Å²) < 4.78 is 5.96. The minimum absolute atomic E-state index is 0.0181. The predicted molar refractivity (Wildman–Crippen MR) is 76.0 cm³/mol. The van der Waals surface area contributed by atoms with Crippen LogP contribution in [0.25, 0.3) is 0 Å². The molecule has 3 atom stereocenters. The average molecular weight is 268 g/mol. The normalized spacial score (nSPS) is 34.2. The summed E-state index contributed by atoms with van der Waals surface area (Å²) in [5, 5.41) is 6.55. The summed E-state index contributed by atoms with van der Waals surface area (Å²) in [6.07, 6.45) is 3.96. The van der Waals surface area contributed by atoms with E-state index >= 15 is 0 Å². The zero-order valence-electron chi connectivity index (χ0n) is 12.5. The van der Waals surface area contributed by atoms with Crippen LogP contribution >= 0.6 is 0 Å². The fourth-order valence-corrected chi connectivity index (χ4v) is 3.36. The Hall–Kier alpha value is -0.610. The molecule has 0 aromatic rings. The second-order valence-corrected chi connectivity index (χ2v) is 6.18. The van der Waals surface area contributed by atoms with Gasteiger partial charge in [0, 0.05) is 19.2 Å². The Labute approximate surface area is 116 Å². The highest BCUT2D eigenvalue weighted by molar-refractivity contribution is 5.79. The summed E-state index contributed by atoms with van der Waals surface area (Å²) in [6.45, 7) is 9.05. The molecule has 0 aromatic heterocycles. The first-order valence-corrected chi connectivity index (χ1v) is 7.75. The molecular weight excluding hydrogens is 240 g/mol. The molecule has 2 heterocycles. The summed E-state index contributed by atoms with van der Waals surface area (Å²) >= 11 is 0. The van der Waals surface area contributed by atoms with Gasteiger partial charge in [-0.1, -0.05) is 20.8 Å². The van der Waals surface area contributed by atoms with Crippen LogP contribution in [-0.4, -0.2) is 37.2 Å². The topological polar surface area (TPSA) is 50.4 Å². The smallest absolute Gasteiger partial charge is 0.224 e. The van der Waals surface area contributed by atoms with Crippen molar-refractivity contribution in [3.05, 3.63) is 0 Å². The van der Waals surface area contributed by atoms with Gasteiger partial charge in [0.2, 0.25) is 5.91 Å². The van der Waals surface area contributed by atoms with Crippen molar-refractivity contribution < 1.29 is 9.53 Å². The van der Waals surface area contributed by atoms with E-state index in [-0.39, 0.29) is 23.5 Å². The standard InChI is InChI=1S/C15H28N2O2/c1-4-15(5-2)8-12(6-7-19-15)17-14(18)13-10-16-9-11(13)3/h11-13,16H,4-10H2,1-3H3,(H,17,18). The van der Waals surface area contributed by atoms with E-state index in [2.05, 4.69) is 31.4 Å². The quantitative estimate of drug-likeness (QED) is 0.816. The summed E-state index contributed by atoms with van der Waals surface area (Å²) in [5.41, 5.74) is -0.0181. The lowest BCUT2D eigenvalue weighted by molar-refractivity contribution is -0.130. The van der Waals surface area contributed by atoms with Crippen molar-refractivity contribution in [3.63, 3.8) is 0 Å². The zero-order valence-corrected chi connectivity index (χ0v) is 12.5. The van der Waals surface area contributed by atoms with Crippen LogP contribution in [0.3, 0.4) is 0 Å². The highest BCUT2D eigenvalue weighted by Gasteiger charge is 2.37. The zero-order chi connectivity index (χ0) is 13.9. The van der Waals surface area contributed by atoms with E-state index in [4.69, 9.17) is 4.74 Å². The van der Waals surface area contributed by atoms with Crippen molar-refractivity contribution in [2.75, 3.05) is 19.7 Å². The van der Waals surface area contributed by atoms with Gasteiger partial charge in [0.15, 0.2) is 0 Å². The number of hydrogen-bond donors (Lipinski definition) is 2. The van der Waals surface area contributed by atoms with Gasteiger partial charge in [0.25, 0.3) is 0 Å². The third-order valence-electron chi connectivity index (χ3n) is 4.98. The number of carbonyl (C=O) groups is 1. The number of hydrogen-bond acceptors (Lipinski definition) is 3. The van der Waals surface area contributed by atoms with Crippen LogP contribution in [0.5, 0.6) is 0 Å². The molecule has 0 spiro atoms. The molecule has 1 amide bonds. The van der Waals surface area contributed by atoms with E-state index in [1.54, 1.807) is 0 Å². The first-order chi connectivity index (χ1) is 9.10. The van der Waals surface area contributed by atoms with Crippen LogP contribution in [0.4, 0.5) is 0 Å². The molecule has 2 rings (SSSR count). The number of rotatable bonds is 4. The lowest BCUT2D eigenvalue weighted by Crippen LogP contribution is -2.50. The van der Waals surface area contributed by atoms with Gasteiger partial charge in [-0.15, -0.1) is 0 Å². The van der Waals surface area contributed by atoms with Crippen LogP contribution in [0, 0.1) is 11.8 Å². The Kier molecular flexibility index (Phi) is 4.85. The Bertz CT molecular complexity index is 315. The van der Waals surface area contributed by atoms with E-state index in [1.807, 2.05) is 0 Å². The second kappa shape index (κ2) is 6.23. The van der Waals surface area contributed by atoms with Crippen molar-refractivity contribution in [2.45, 2.75) is 58.1 Å². The Balaban J connectivity index is 1.90. The monoisotopic (exact) mass is 268 g/mol. The molecule has 2 fully saturated rings. The maximum absolute atomic E-state index is 12.3. The van der Waals surface area contributed by atoms with Crippen molar-refractivity contribution in [3.8, 4) is 0 Å². The third-order valence-corrected chi connectivity index (χ3v) is 4.98. The lowest BCUT2D eigenvalue weighted by atomic mass is 9.85. The molecule has 2 aliphatic rings. The van der Waals surface area contributed by atoms with Crippen molar-refractivity contribution >= 4 is 5.91 Å². The molecule has 2 aliphatic heterocycles. The first-order valence-electron chi connectivity index (χ1n) is 7.75. The van der Waals surface area contributed by atoms with Crippen molar-refractivity contribution in [1.29, 1.82) is 0 Å². The van der Waals surface area contributed by atoms with Gasteiger partial charge in [-0.25, -0.2) is 0 Å². The highest BCUT2D eigenvalue weighted by atomic mass is 16.5. The van der Waals surface area contributed by atoms with Gasteiger partial charge < -0.3 is 15.4 Å². The molecule has 0 bridgehead atoms. The first kappa shape index (κ1) is 14.8. The number of carbonyl (C=O) groups excluding carboxylic acids is 1. The number of nitrogens with one attached hydrogen (secondary N) is 2. The maximum atomic E-state index is 12.3. The van der Waals surface area contributed by atoms with E-state index in [9.17, 15) is 4.79 Å². The molecule has 110 valence electrons. The minimum atomic E-state index is -0.0181. The van der Waals surface area contributed by atoms with Crippen LogP contribution in [0.15, 0.2) is 0 Å². The molecular formula is C15H28N2O2. The van der Waals surface area contributed by atoms with Crippen LogP contribution in [0.1, 0.15) is 46.5 Å². The van der Waals surface area contributed by atoms with Gasteiger partial charge in [-0.05, 0) is 38.1 Å². The Morgan fingerprint density at radius 1 is 1.37 bits per heavy atom. The van der Waals surface area contributed by atoms with Crippen molar-refractivity contribution in [2.24, 2.45) is 11.8 Å². The molecule has 2 saturated heterocycles. The predicted octanol–water partition coefficient (Wildman–Crippen LogP) is 1.70. The molecule has 0 saturated carbocycles. The van der Waals surface area contributed by atoms with E-state index in [0.717, 1.165) is 45.4 Å². The highest BCUT2D eigenvalue weighted by Crippen LogP contribution is 2.31. The number of amides is 1. The molecule has 3 unspecified atom stereocenters. The summed E-state index contributed by atoms with van der Waals surface area (Å²) in [6, 6.07) is 0.286. The maximum Gasteiger partial charge on any atom is 0.224 e. The SMILES string of the molecule is CCC1(CC)CC(NC(=O)C2CNCC2C)CCO1. The second-order valence-electron chi connectivity index (χ2n) is 6.18. The molecule has 4 nitrogen and oxygen atoms in total. The van der Waals surface area contributed by atoms with Gasteiger partial charge in [0.1, 0.15) is 0 Å². The molecule has 4 heteroatoms. The number of ether oxygens (including phenoxy) is 1. The lowest BCUT2D eigenvalue weighted by Gasteiger charge is -2.40. The van der Waals surface area contributed by atoms with Crippen LogP contribution in [0.2, 0.25) is 0 Å². The molecule has 0 aromatic carbocycles. The van der Waals surface area contributed by atoms with E-state index in [0.29, 0.717) is 5.92 Å². The van der Waals surface area contributed by atoms with E-state index < -0.39 is 0 Å². The third kappa shape index (κ3) is 3.29. The fourth-order valence-electron chi connectivity index (χ4n) is 3.36. The summed E-state index contributed by atoms with van der Waals surface area (Å²) in [5.74, 6) is 0.813. The summed E-state index contributed by atoms with van der Waals surface area (Å²) in [7, 11) is 0. The average Bonchev–Trinajstić information content (AvgIpc) is 2.85. The van der Waals surface area contributed by atoms with Crippen LogP contribution < -0.4 is 10.6 Å². The molecule has 0 radical (unpaired) electrons. The molecule has 2 N–H and O–H groups in total. The van der Waals surface area contributed by atoms with E-state index in [1.165, 1.54) is 0 Å². The molecule has 0 aliphatic carbocycles. The minimum Gasteiger partial charge on any atom is -0.375 e. The largest absolute Gasteiger partial charge is 0.375 e. The Morgan fingerprint density at radius 2 is 2.11 bits per heavy atom. The van der Waals surface area contributed by atoms with Gasteiger partial charge in [-0.2, -0.15) is 0 Å². The van der Waals surface area contributed by atoms with Gasteiger partial charge in [0.05, 0.1) is 11.5 Å². The van der Waals surface area contributed by atoms with Gasteiger partial charge in [-0.3, -0.25) is 4.79 Å². The Morgan fingerprint density at radius 3 is 2.68 bits per heavy atom. The molecule has 19 heavy (non-hydrogen) atoms.